The molecule has 2 aromatic heterocycles. The van der Waals surface area contributed by atoms with Crippen LogP contribution >= 0.6 is 22.9 Å². The van der Waals surface area contributed by atoms with E-state index in [0.29, 0.717) is 33.3 Å². The minimum absolute atomic E-state index is 0.311. The first-order chi connectivity index (χ1) is 12.5. The fourth-order valence-corrected chi connectivity index (χ4v) is 4.40. The smallest absolute Gasteiger partial charge is 0.167 e. The Morgan fingerprint density at radius 1 is 1.27 bits per heavy atom. The molecule has 26 heavy (non-hydrogen) atoms. The Morgan fingerprint density at radius 3 is 2.81 bits per heavy atom. The maximum atomic E-state index is 14.0. The molecule has 0 aliphatic heterocycles. The number of hydrogen-bond donors (Lipinski definition) is 1. The summed E-state index contributed by atoms with van der Waals surface area (Å²) in [6.45, 7) is 1.87. The molecule has 0 saturated heterocycles. The van der Waals surface area contributed by atoms with E-state index in [1.165, 1.54) is 17.4 Å². The van der Waals surface area contributed by atoms with Crippen molar-refractivity contribution in [2.75, 3.05) is 7.11 Å². The number of rotatable bonds is 3. The summed E-state index contributed by atoms with van der Waals surface area (Å²) in [4.78, 5) is 9.04. The lowest BCUT2D eigenvalue weighted by Gasteiger charge is -2.06. The molecule has 0 bridgehead atoms. The molecule has 0 amide bonds. The van der Waals surface area contributed by atoms with E-state index in [4.69, 9.17) is 16.3 Å². The van der Waals surface area contributed by atoms with E-state index in [9.17, 15) is 9.50 Å². The number of phenolic OH excluding ortho intramolecular Hbond substituents is 1. The zero-order valence-corrected chi connectivity index (χ0v) is 15.6. The lowest BCUT2D eigenvalue weighted by Crippen LogP contribution is -1.88. The van der Waals surface area contributed by atoms with Crippen LogP contribution in [0.2, 0.25) is 5.02 Å². The topological polar surface area (TPSA) is 55.2 Å². The molecule has 0 radical (unpaired) electrons. The zero-order valence-electron chi connectivity index (χ0n) is 14.0. The molecule has 0 spiro atoms. The maximum absolute atomic E-state index is 14.0. The molecule has 2 heterocycles. The summed E-state index contributed by atoms with van der Waals surface area (Å²) in [6, 6.07) is 6.72. The van der Waals surface area contributed by atoms with Crippen molar-refractivity contribution in [1.29, 1.82) is 0 Å². The Labute approximate surface area is 157 Å². The van der Waals surface area contributed by atoms with Gasteiger partial charge in [-0.25, -0.2) is 9.37 Å². The van der Waals surface area contributed by atoms with E-state index >= 15 is 0 Å². The van der Waals surface area contributed by atoms with Crippen molar-refractivity contribution in [2.45, 2.75) is 13.3 Å². The average molecular weight is 389 g/mol. The summed E-state index contributed by atoms with van der Waals surface area (Å²) < 4.78 is 20.0. The van der Waals surface area contributed by atoms with Crippen molar-refractivity contribution in [3.8, 4) is 22.1 Å². The van der Waals surface area contributed by atoms with E-state index < -0.39 is 5.82 Å². The molecular weight excluding hydrogens is 375 g/mol. The monoisotopic (exact) mass is 388 g/mol. The number of fused-ring (bicyclic) bond motifs is 2. The molecule has 0 saturated carbocycles. The van der Waals surface area contributed by atoms with Crippen molar-refractivity contribution in [2.24, 2.45) is 0 Å². The van der Waals surface area contributed by atoms with Gasteiger partial charge in [-0.2, -0.15) is 0 Å². The van der Waals surface area contributed by atoms with Crippen molar-refractivity contribution < 1.29 is 14.2 Å². The number of methoxy groups -OCH3 is 1. The predicted molar refractivity (Wildman–Crippen MR) is 103 cm³/mol. The Bertz CT molecular complexity index is 1160. The molecule has 4 rings (SSSR count). The van der Waals surface area contributed by atoms with Gasteiger partial charge in [-0.1, -0.05) is 18.5 Å². The number of halogens is 2. The molecule has 4 nitrogen and oxygen atoms in total. The van der Waals surface area contributed by atoms with Gasteiger partial charge in [-0.05, 0) is 24.6 Å². The van der Waals surface area contributed by atoms with Crippen molar-refractivity contribution in [1.82, 2.24) is 9.97 Å². The molecule has 0 aliphatic carbocycles. The second-order valence-electron chi connectivity index (χ2n) is 5.81. The van der Waals surface area contributed by atoms with Crippen LogP contribution in [0.1, 0.15) is 12.5 Å². The summed E-state index contributed by atoms with van der Waals surface area (Å²) in [5, 5.41) is 12.1. The van der Waals surface area contributed by atoms with Crippen molar-refractivity contribution in [3.05, 3.63) is 46.9 Å². The number of phenols is 1. The second kappa shape index (κ2) is 6.37. The van der Waals surface area contributed by atoms with Gasteiger partial charge < -0.3 is 9.84 Å². The van der Waals surface area contributed by atoms with Gasteiger partial charge in [0.1, 0.15) is 10.8 Å². The van der Waals surface area contributed by atoms with Gasteiger partial charge in [0.05, 0.1) is 29.0 Å². The van der Waals surface area contributed by atoms with Crippen LogP contribution in [0.4, 0.5) is 4.39 Å². The van der Waals surface area contributed by atoms with E-state index in [0.717, 1.165) is 21.2 Å². The number of aromatic nitrogens is 2. The normalized spacial score (nSPS) is 11.4. The average Bonchev–Trinajstić information content (AvgIpc) is 3.04. The lowest BCUT2D eigenvalue weighted by atomic mass is 10.1. The third-order valence-corrected chi connectivity index (χ3v) is 5.63. The van der Waals surface area contributed by atoms with E-state index in [-0.39, 0.29) is 5.75 Å². The van der Waals surface area contributed by atoms with Gasteiger partial charge in [0, 0.05) is 27.6 Å². The van der Waals surface area contributed by atoms with Gasteiger partial charge in [0.25, 0.3) is 0 Å². The minimum Gasteiger partial charge on any atom is -0.505 e. The van der Waals surface area contributed by atoms with Crippen molar-refractivity contribution in [3.63, 3.8) is 0 Å². The third kappa shape index (κ3) is 2.66. The number of aromatic hydroxyl groups is 1. The van der Waals surface area contributed by atoms with Gasteiger partial charge in [-0.15, -0.1) is 11.3 Å². The first kappa shape index (κ1) is 17.0. The SMILES string of the molecule is CCc1c(O)c(F)cc2nc(-c3cc(Cl)cc4cc(OC)cnc34)sc12. The summed E-state index contributed by atoms with van der Waals surface area (Å²) in [5.41, 5.74) is 2.57. The molecule has 0 fully saturated rings. The fourth-order valence-electron chi connectivity index (χ4n) is 3.00. The van der Waals surface area contributed by atoms with Crippen LogP contribution in [0, 0.1) is 5.82 Å². The molecule has 0 atom stereocenters. The third-order valence-electron chi connectivity index (χ3n) is 4.25. The number of thiazole rings is 1. The highest BCUT2D eigenvalue weighted by Crippen LogP contribution is 2.40. The highest BCUT2D eigenvalue weighted by Gasteiger charge is 2.18. The summed E-state index contributed by atoms with van der Waals surface area (Å²) in [6.07, 6.45) is 2.14. The Balaban J connectivity index is 2.01. The fraction of sp³-hybridized carbons (Fsp3) is 0.158. The van der Waals surface area contributed by atoms with E-state index in [2.05, 4.69) is 9.97 Å². The highest BCUT2D eigenvalue weighted by atomic mass is 35.5. The van der Waals surface area contributed by atoms with Crippen LogP contribution in [0.15, 0.2) is 30.5 Å². The van der Waals surface area contributed by atoms with E-state index in [1.807, 2.05) is 19.1 Å². The maximum Gasteiger partial charge on any atom is 0.167 e. The van der Waals surface area contributed by atoms with Gasteiger partial charge in [-0.3, -0.25) is 4.98 Å². The van der Waals surface area contributed by atoms with Crippen LogP contribution < -0.4 is 4.74 Å². The minimum atomic E-state index is -0.662. The van der Waals surface area contributed by atoms with Crippen LogP contribution in [0.5, 0.6) is 11.5 Å². The quantitative estimate of drug-likeness (QED) is 0.497. The van der Waals surface area contributed by atoms with Gasteiger partial charge >= 0.3 is 0 Å². The number of pyridine rings is 1. The molecule has 7 heteroatoms. The van der Waals surface area contributed by atoms with Crippen molar-refractivity contribution >= 4 is 44.1 Å². The van der Waals surface area contributed by atoms with E-state index in [1.54, 1.807) is 19.4 Å². The van der Waals surface area contributed by atoms with Crippen LogP contribution in [0.25, 0.3) is 31.7 Å². The number of hydrogen-bond acceptors (Lipinski definition) is 5. The van der Waals surface area contributed by atoms with Gasteiger partial charge in [0.2, 0.25) is 0 Å². The van der Waals surface area contributed by atoms with Crippen LogP contribution in [0.3, 0.4) is 0 Å². The van der Waals surface area contributed by atoms with Crippen LogP contribution in [-0.2, 0) is 6.42 Å². The largest absolute Gasteiger partial charge is 0.505 e. The zero-order chi connectivity index (χ0) is 18.4. The van der Waals surface area contributed by atoms with Crippen LogP contribution in [-0.4, -0.2) is 22.2 Å². The standard InChI is InChI=1S/C19H14ClFN2O2S/c1-3-12-17(24)14(21)7-15-18(12)26-19(23-15)13-6-10(20)4-9-5-11(25-2)8-22-16(9)13/h4-8,24H,3H2,1-2H3. The molecule has 0 unspecified atom stereocenters. The predicted octanol–water partition coefficient (Wildman–Crippen LogP) is 5.58. The lowest BCUT2D eigenvalue weighted by molar-refractivity contribution is 0.414. The molecule has 132 valence electrons. The molecule has 0 aliphatic rings. The summed E-state index contributed by atoms with van der Waals surface area (Å²) in [7, 11) is 1.58. The number of nitrogens with zero attached hydrogens (tertiary/aromatic N) is 2. The molecule has 4 aromatic rings. The first-order valence-corrected chi connectivity index (χ1v) is 9.15. The Morgan fingerprint density at radius 2 is 2.08 bits per heavy atom. The summed E-state index contributed by atoms with van der Waals surface area (Å²) in [5.74, 6) is -0.339. The second-order valence-corrected chi connectivity index (χ2v) is 7.24. The first-order valence-electron chi connectivity index (χ1n) is 7.96. The Kier molecular flexibility index (Phi) is 4.17. The molecular formula is C19H14ClFN2O2S. The number of aryl methyl sites for hydroxylation is 1. The number of ether oxygens (including phenoxy) is 1. The molecule has 1 N–H and O–H groups in total. The summed E-state index contributed by atoms with van der Waals surface area (Å²) >= 11 is 7.68. The Hall–Kier alpha value is -2.44. The van der Waals surface area contributed by atoms with Gasteiger partial charge in [0.15, 0.2) is 11.6 Å². The highest BCUT2D eigenvalue weighted by molar-refractivity contribution is 7.22. The number of benzene rings is 2. The molecule has 2 aromatic carbocycles.